The van der Waals surface area contributed by atoms with Crippen LogP contribution in [0.3, 0.4) is 0 Å². The third kappa shape index (κ3) is 4.88. The van der Waals surface area contributed by atoms with Gasteiger partial charge in [-0.15, -0.1) is 0 Å². The molecule has 1 aliphatic rings. The highest BCUT2D eigenvalue weighted by atomic mass is 19.2. The number of rotatable bonds is 6. The van der Waals surface area contributed by atoms with Gasteiger partial charge in [-0.2, -0.15) is 0 Å². The van der Waals surface area contributed by atoms with E-state index in [0.717, 1.165) is 30.9 Å². The Balaban J connectivity index is 1.51. The highest BCUT2D eigenvalue weighted by molar-refractivity contribution is 6.04. The molecule has 0 unspecified atom stereocenters. The van der Waals surface area contributed by atoms with Crippen LogP contribution >= 0.6 is 0 Å². The van der Waals surface area contributed by atoms with E-state index in [1.165, 1.54) is 43.5 Å². The lowest BCUT2D eigenvalue weighted by atomic mass is 9.97. The fraction of sp³-hybridized carbons (Fsp3) is 0.300. The molecule has 6 heteroatoms. The van der Waals surface area contributed by atoms with Crippen molar-refractivity contribution in [2.75, 3.05) is 17.2 Å². The predicted octanol–water partition coefficient (Wildman–Crippen LogP) is 4.91. The Morgan fingerprint density at radius 1 is 1.12 bits per heavy atom. The fourth-order valence-electron chi connectivity index (χ4n) is 2.90. The van der Waals surface area contributed by atoms with Gasteiger partial charge in [-0.1, -0.05) is 11.6 Å². The lowest BCUT2D eigenvalue weighted by molar-refractivity contribution is 0.102. The predicted molar refractivity (Wildman–Crippen MR) is 98.2 cm³/mol. The molecule has 0 aliphatic heterocycles. The minimum Gasteiger partial charge on any atom is -0.370 e. The van der Waals surface area contributed by atoms with Crippen LogP contribution in [0.2, 0.25) is 0 Å². The number of anilines is 2. The number of nitrogens with one attached hydrogen (secondary N) is 2. The lowest BCUT2D eigenvalue weighted by Crippen LogP contribution is -2.13. The van der Waals surface area contributed by atoms with Crippen LogP contribution in [-0.4, -0.2) is 17.4 Å². The first-order chi connectivity index (χ1) is 12.6. The quantitative estimate of drug-likeness (QED) is 0.722. The SMILES string of the molecule is O=C(Nc1ccc(NCCC2=CCCCC2)nc1)c1ccc(F)c(F)c1. The Labute approximate surface area is 151 Å². The van der Waals surface area contributed by atoms with Crippen molar-refractivity contribution in [3.8, 4) is 0 Å². The molecule has 2 aromatic rings. The van der Waals surface area contributed by atoms with E-state index in [-0.39, 0.29) is 5.56 Å². The summed E-state index contributed by atoms with van der Waals surface area (Å²) in [4.78, 5) is 16.3. The van der Waals surface area contributed by atoms with Gasteiger partial charge in [0.25, 0.3) is 5.91 Å². The number of nitrogens with zero attached hydrogens (tertiary/aromatic N) is 1. The van der Waals surface area contributed by atoms with Crippen molar-refractivity contribution in [3.05, 3.63) is 65.4 Å². The van der Waals surface area contributed by atoms with E-state index in [0.29, 0.717) is 5.69 Å². The maximum Gasteiger partial charge on any atom is 0.255 e. The number of amides is 1. The Morgan fingerprint density at radius 2 is 2.00 bits per heavy atom. The first kappa shape index (κ1) is 18.0. The summed E-state index contributed by atoms with van der Waals surface area (Å²) in [5.41, 5.74) is 2.03. The average Bonchev–Trinajstić information content (AvgIpc) is 2.66. The van der Waals surface area contributed by atoms with Crippen LogP contribution in [0.1, 0.15) is 42.5 Å². The summed E-state index contributed by atoms with van der Waals surface area (Å²) in [6.07, 6.45) is 9.79. The number of pyridine rings is 1. The normalized spacial score (nSPS) is 13.8. The first-order valence-electron chi connectivity index (χ1n) is 8.76. The van der Waals surface area contributed by atoms with E-state index in [1.807, 2.05) is 0 Å². The molecule has 0 fully saturated rings. The van der Waals surface area contributed by atoms with E-state index in [2.05, 4.69) is 21.7 Å². The molecule has 0 saturated heterocycles. The maximum absolute atomic E-state index is 13.2. The van der Waals surface area contributed by atoms with Crippen molar-refractivity contribution in [1.29, 1.82) is 0 Å². The Bertz CT molecular complexity index is 803. The largest absolute Gasteiger partial charge is 0.370 e. The van der Waals surface area contributed by atoms with Crippen molar-refractivity contribution in [2.24, 2.45) is 0 Å². The van der Waals surface area contributed by atoms with Crippen molar-refractivity contribution in [2.45, 2.75) is 32.1 Å². The molecule has 4 nitrogen and oxygen atoms in total. The molecule has 3 rings (SSSR count). The van der Waals surface area contributed by atoms with Gasteiger partial charge < -0.3 is 10.6 Å². The van der Waals surface area contributed by atoms with Gasteiger partial charge in [-0.25, -0.2) is 13.8 Å². The van der Waals surface area contributed by atoms with Gasteiger partial charge >= 0.3 is 0 Å². The van der Waals surface area contributed by atoms with Gasteiger partial charge in [-0.3, -0.25) is 4.79 Å². The Hall–Kier alpha value is -2.76. The molecule has 1 heterocycles. The molecular formula is C20H21F2N3O. The van der Waals surface area contributed by atoms with E-state index >= 15 is 0 Å². The fourth-order valence-corrected chi connectivity index (χ4v) is 2.90. The van der Waals surface area contributed by atoms with Crippen LogP contribution in [0, 0.1) is 11.6 Å². The van der Waals surface area contributed by atoms with E-state index in [4.69, 9.17) is 0 Å². The van der Waals surface area contributed by atoms with Gasteiger partial charge in [0.05, 0.1) is 11.9 Å². The second-order valence-electron chi connectivity index (χ2n) is 6.30. The van der Waals surface area contributed by atoms with Crippen LogP contribution in [0.4, 0.5) is 20.3 Å². The van der Waals surface area contributed by atoms with Gasteiger partial charge in [0.1, 0.15) is 5.82 Å². The van der Waals surface area contributed by atoms with Crippen molar-refractivity contribution in [3.63, 3.8) is 0 Å². The molecular weight excluding hydrogens is 336 g/mol. The van der Waals surface area contributed by atoms with Crippen molar-refractivity contribution in [1.82, 2.24) is 4.98 Å². The average molecular weight is 357 g/mol. The summed E-state index contributed by atoms with van der Waals surface area (Å²) in [5.74, 6) is -1.83. The molecule has 1 aromatic heterocycles. The Morgan fingerprint density at radius 3 is 2.69 bits per heavy atom. The number of carbonyl (C=O) groups excluding carboxylic acids is 1. The zero-order chi connectivity index (χ0) is 18.4. The van der Waals surface area contributed by atoms with Gasteiger partial charge in [0.2, 0.25) is 0 Å². The number of hydrogen-bond donors (Lipinski definition) is 2. The minimum absolute atomic E-state index is 0.0480. The zero-order valence-electron chi connectivity index (χ0n) is 14.4. The number of aromatic nitrogens is 1. The zero-order valence-corrected chi connectivity index (χ0v) is 14.4. The monoisotopic (exact) mass is 357 g/mol. The first-order valence-corrected chi connectivity index (χ1v) is 8.76. The van der Waals surface area contributed by atoms with Gasteiger partial charge in [-0.05, 0) is 62.4 Å². The number of hydrogen-bond acceptors (Lipinski definition) is 3. The van der Waals surface area contributed by atoms with Gasteiger partial charge in [0.15, 0.2) is 11.6 Å². The molecule has 1 aliphatic carbocycles. The smallest absolute Gasteiger partial charge is 0.255 e. The van der Waals surface area contributed by atoms with Gasteiger partial charge in [0, 0.05) is 12.1 Å². The minimum atomic E-state index is -1.05. The molecule has 2 N–H and O–H groups in total. The van der Waals surface area contributed by atoms with Crippen LogP contribution in [0.15, 0.2) is 48.2 Å². The molecule has 0 bridgehead atoms. The molecule has 0 atom stereocenters. The summed E-state index contributed by atoms with van der Waals surface area (Å²) in [6, 6.07) is 6.52. The molecule has 1 aromatic carbocycles. The van der Waals surface area contributed by atoms with Crippen LogP contribution < -0.4 is 10.6 Å². The van der Waals surface area contributed by atoms with E-state index in [1.54, 1.807) is 12.1 Å². The summed E-state index contributed by atoms with van der Waals surface area (Å²) >= 11 is 0. The van der Waals surface area contributed by atoms with Crippen molar-refractivity contribution < 1.29 is 13.6 Å². The topological polar surface area (TPSA) is 54.0 Å². The molecule has 0 spiro atoms. The second-order valence-corrected chi connectivity index (χ2v) is 6.30. The molecule has 26 heavy (non-hydrogen) atoms. The molecule has 0 radical (unpaired) electrons. The summed E-state index contributed by atoms with van der Waals surface area (Å²) in [5, 5.41) is 5.87. The summed E-state index contributed by atoms with van der Waals surface area (Å²) in [6.45, 7) is 0.819. The third-order valence-electron chi connectivity index (χ3n) is 4.34. The molecule has 136 valence electrons. The second kappa shape index (κ2) is 8.56. The third-order valence-corrected chi connectivity index (χ3v) is 4.34. The highest BCUT2D eigenvalue weighted by Gasteiger charge is 2.10. The van der Waals surface area contributed by atoms with E-state index in [9.17, 15) is 13.6 Å². The Kier molecular flexibility index (Phi) is 5.94. The van der Waals surface area contributed by atoms with Crippen molar-refractivity contribution >= 4 is 17.4 Å². The number of carbonyl (C=O) groups is 1. The van der Waals surface area contributed by atoms with Crippen LogP contribution in [-0.2, 0) is 0 Å². The highest BCUT2D eigenvalue weighted by Crippen LogP contribution is 2.20. The lowest BCUT2D eigenvalue weighted by Gasteiger charge is -2.13. The number of allylic oxidation sites excluding steroid dienone is 1. The van der Waals surface area contributed by atoms with Crippen LogP contribution in [0.25, 0.3) is 0 Å². The standard InChI is InChI=1S/C20H21F2N3O/c21-17-8-6-15(12-18(17)22)20(26)25-16-7-9-19(24-13-16)23-11-10-14-4-2-1-3-5-14/h4,6-9,12-13H,1-3,5,10-11H2,(H,23,24)(H,25,26). The summed E-state index contributed by atoms with van der Waals surface area (Å²) in [7, 11) is 0. The summed E-state index contributed by atoms with van der Waals surface area (Å²) < 4.78 is 26.1. The molecule has 0 saturated carbocycles. The number of halogens is 2. The maximum atomic E-state index is 13.2. The van der Waals surface area contributed by atoms with Crippen LogP contribution in [0.5, 0.6) is 0 Å². The molecule has 1 amide bonds. The van der Waals surface area contributed by atoms with E-state index < -0.39 is 17.5 Å². The number of benzene rings is 1.